The lowest BCUT2D eigenvalue weighted by Gasteiger charge is -2.10. The fraction of sp³-hybridized carbons (Fsp3) is 0.143. The summed E-state index contributed by atoms with van der Waals surface area (Å²) in [7, 11) is 0. The van der Waals surface area contributed by atoms with Crippen molar-refractivity contribution in [3.05, 3.63) is 47.0 Å². The molecule has 0 amide bonds. The van der Waals surface area contributed by atoms with Gasteiger partial charge in [-0.2, -0.15) is 25.1 Å². The summed E-state index contributed by atoms with van der Waals surface area (Å²) >= 11 is 1.54. The van der Waals surface area contributed by atoms with Crippen molar-refractivity contribution in [3.8, 4) is 17.1 Å². The van der Waals surface area contributed by atoms with Crippen molar-refractivity contribution in [2.24, 2.45) is 0 Å². The normalized spacial score (nSPS) is 10.9. The first-order chi connectivity index (χ1) is 10.7. The third kappa shape index (κ3) is 3.40. The van der Waals surface area contributed by atoms with Gasteiger partial charge in [-0.15, -0.1) is 0 Å². The molecule has 114 valence electrons. The minimum absolute atomic E-state index is 0.0649. The maximum absolute atomic E-state index is 12.3. The number of ether oxygens (including phenoxy) is 1. The number of benzene rings is 1. The van der Waals surface area contributed by atoms with Crippen LogP contribution < -0.4 is 10.1 Å². The summed E-state index contributed by atoms with van der Waals surface area (Å²) in [5.41, 5.74) is 1.31. The average Bonchev–Trinajstić information content (AvgIpc) is 3.17. The highest BCUT2D eigenvalue weighted by Gasteiger charge is 2.11. The lowest BCUT2D eigenvalue weighted by atomic mass is 10.3. The van der Waals surface area contributed by atoms with E-state index in [0.29, 0.717) is 17.4 Å². The summed E-state index contributed by atoms with van der Waals surface area (Å²) in [6.07, 6.45) is 0. The third-order valence-corrected chi connectivity index (χ3v) is 3.46. The van der Waals surface area contributed by atoms with Gasteiger partial charge in [0.15, 0.2) is 0 Å². The molecule has 0 aliphatic rings. The van der Waals surface area contributed by atoms with Gasteiger partial charge in [0.25, 0.3) is 0 Å². The molecule has 3 rings (SSSR count). The Bertz CT molecular complexity index is 731. The van der Waals surface area contributed by atoms with E-state index in [1.165, 1.54) is 17.4 Å². The predicted molar refractivity (Wildman–Crippen MR) is 78.0 cm³/mol. The summed E-state index contributed by atoms with van der Waals surface area (Å²) in [6, 6.07) is 8.31. The number of hydrogen-bond acceptors (Lipinski definition) is 6. The van der Waals surface area contributed by atoms with E-state index in [9.17, 15) is 8.78 Å². The first-order valence-electron chi connectivity index (χ1n) is 6.35. The van der Waals surface area contributed by atoms with Crippen LogP contribution in [0.5, 0.6) is 5.75 Å². The molecule has 2 heterocycles. The zero-order valence-corrected chi connectivity index (χ0v) is 12.0. The number of thiophene rings is 1. The Morgan fingerprint density at radius 1 is 1.27 bits per heavy atom. The number of alkyl halides is 2. The maximum Gasteiger partial charge on any atom is 0.387 e. The fourth-order valence-corrected chi connectivity index (χ4v) is 2.45. The first kappa shape index (κ1) is 14.5. The Labute approximate surface area is 128 Å². The van der Waals surface area contributed by atoms with E-state index >= 15 is 0 Å². The summed E-state index contributed by atoms with van der Waals surface area (Å²) < 4.78 is 34.2. The van der Waals surface area contributed by atoms with Crippen molar-refractivity contribution in [2.75, 3.05) is 5.32 Å². The molecule has 0 aliphatic carbocycles. The van der Waals surface area contributed by atoms with Crippen LogP contribution in [0, 0.1) is 0 Å². The minimum atomic E-state index is -2.88. The molecular weight excluding hydrogens is 312 g/mol. The van der Waals surface area contributed by atoms with Gasteiger partial charge >= 0.3 is 6.61 Å². The molecule has 0 fully saturated rings. The molecule has 1 N–H and O–H groups in total. The molecule has 0 saturated carbocycles. The molecule has 5 nitrogen and oxygen atoms in total. The van der Waals surface area contributed by atoms with Crippen molar-refractivity contribution in [2.45, 2.75) is 13.2 Å². The molecule has 0 radical (unpaired) electrons. The second-order valence-corrected chi connectivity index (χ2v) is 5.03. The third-order valence-electron chi connectivity index (χ3n) is 2.78. The molecule has 2 aromatic heterocycles. The highest BCUT2D eigenvalue weighted by Crippen LogP contribution is 2.26. The molecule has 1 aromatic carbocycles. The largest absolute Gasteiger partial charge is 0.433 e. The van der Waals surface area contributed by atoms with Crippen molar-refractivity contribution < 1.29 is 18.0 Å². The zero-order valence-electron chi connectivity index (χ0n) is 11.2. The van der Waals surface area contributed by atoms with E-state index in [1.807, 2.05) is 16.8 Å². The molecule has 0 unspecified atom stereocenters. The molecule has 22 heavy (non-hydrogen) atoms. The summed E-state index contributed by atoms with van der Waals surface area (Å²) in [4.78, 5) is 4.24. The summed E-state index contributed by atoms with van der Waals surface area (Å²) in [6.45, 7) is -2.67. The van der Waals surface area contributed by atoms with Gasteiger partial charge < -0.3 is 14.6 Å². The Kier molecular flexibility index (Phi) is 4.29. The Morgan fingerprint density at radius 3 is 2.91 bits per heavy atom. The van der Waals surface area contributed by atoms with Crippen molar-refractivity contribution in [1.82, 2.24) is 10.1 Å². The number of nitrogens with one attached hydrogen (secondary N) is 1. The van der Waals surface area contributed by atoms with E-state index < -0.39 is 6.61 Å². The van der Waals surface area contributed by atoms with Gasteiger partial charge in [-0.1, -0.05) is 17.3 Å². The SMILES string of the molecule is FC(F)Oc1ccccc1NCc1nc(-c2ccsc2)no1. The number of aromatic nitrogens is 2. The van der Waals surface area contributed by atoms with E-state index in [-0.39, 0.29) is 12.3 Å². The highest BCUT2D eigenvalue weighted by molar-refractivity contribution is 7.08. The Morgan fingerprint density at radius 2 is 2.14 bits per heavy atom. The summed E-state index contributed by atoms with van der Waals surface area (Å²) in [5, 5.41) is 10.6. The monoisotopic (exact) mass is 323 g/mol. The molecule has 8 heteroatoms. The maximum atomic E-state index is 12.3. The van der Waals surface area contributed by atoms with Crippen LogP contribution in [0.2, 0.25) is 0 Å². The van der Waals surface area contributed by atoms with Gasteiger partial charge in [0.1, 0.15) is 5.75 Å². The molecule has 0 atom stereocenters. The Hall–Kier alpha value is -2.48. The minimum Gasteiger partial charge on any atom is -0.433 e. The quantitative estimate of drug-likeness (QED) is 0.742. The van der Waals surface area contributed by atoms with E-state index in [0.717, 1.165) is 5.56 Å². The van der Waals surface area contributed by atoms with Crippen molar-refractivity contribution in [1.29, 1.82) is 0 Å². The van der Waals surface area contributed by atoms with Gasteiger partial charge in [-0.05, 0) is 23.6 Å². The number of nitrogens with zero attached hydrogens (tertiary/aromatic N) is 2. The van der Waals surface area contributed by atoms with Crippen LogP contribution in [0.15, 0.2) is 45.6 Å². The van der Waals surface area contributed by atoms with Crippen LogP contribution in [0.4, 0.5) is 14.5 Å². The van der Waals surface area contributed by atoms with Gasteiger partial charge in [0.2, 0.25) is 11.7 Å². The van der Waals surface area contributed by atoms with Gasteiger partial charge in [0, 0.05) is 10.9 Å². The molecule has 0 spiro atoms. The fourth-order valence-electron chi connectivity index (χ4n) is 1.82. The lowest BCUT2D eigenvalue weighted by molar-refractivity contribution is -0.0493. The lowest BCUT2D eigenvalue weighted by Crippen LogP contribution is -2.06. The van der Waals surface area contributed by atoms with Crippen LogP contribution in [0.25, 0.3) is 11.4 Å². The average molecular weight is 323 g/mol. The number of rotatable bonds is 6. The second kappa shape index (κ2) is 6.52. The number of anilines is 1. The van der Waals surface area contributed by atoms with Gasteiger partial charge in [-0.25, -0.2) is 0 Å². The van der Waals surface area contributed by atoms with Crippen molar-refractivity contribution >= 4 is 17.0 Å². The first-order valence-corrected chi connectivity index (χ1v) is 7.29. The Balaban J connectivity index is 1.68. The molecule has 0 bridgehead atoms. The number of hydrogen-bond donors (Lipinski definition) is 1. The van der Waals surface area contributed by atoms with E-state index in [4.69, 9.17) is 4.52 Å². The van der Waals surface area contributed by atoms with Crippen LogP contribution in [-0.2, 0) is 6.54 Å². The van der Waals surface area contributed by atoms with E-state index in [2.05, 4.69) is 20.2 Å². The van der Waals surface area contributed by atoms with Crippen molar-refractivity contribution in [3.63, 3.8) is 0 Å². The highest BCUT2D eigenvalue weighted by atomic mass is 32.1. The van der Waals surface area contributed by atoms with Gasteiger partial charge in [-0.3, -0.25) is 0 Å². The van der Waals surface area contributed by atoms with Gasteiger partial charge in [0.05, 0.1) is 12.2 Å². The predicted octanol–water partition coefficient (Wildman–Crippen LogP) is 4.01. The zero-order chi connectivity index (χ0) is 15.4. The second-order valence-electron chi connectivity index (χ2n) is 4.25. The standard InChI is InChI=1S/C14H11F2N3O2S/c15-14(16)20-11-4-2-1-3-10(11)17-7-12-18-13(19-21-12)9-5-6-22-8-9/h1-6,8,14,17H,7H2. The van der Waals surface area contributed by atoms with Crippen LogP contribution in [0.3, 0.4) is 0 Å². The molecule has 0 aliphatic heterocycles. The summed E-state index contributed by atoms with van der Waals surface area (Å²) in [5.74, 6) is 0.915. The molecular formula is C14H11F2N3O2S. The number of para-hydroxylation sites is 2. The topological polar surface area (TPSA) is 60.2 Å². The number of halogens is 2. The van der Waals surface area contributed by atoms with Crippen LogP contribution in [0.1, 0.15) is 5.89 Å². The molecule has 3 aromatic rings. The van der Waals surface area contributed by atoms with Crippen LogP contribution >= 0.6 is 11.3 Å². The van der Waals surface area contributed by atoms with Crippen LogP contribution in [-0.4, -0.2) is 16.8 Å². The smallest absolute Gasteiger partial charge is 0.387 e. The van der Waals surface area contributed by atoms with E-state index in [1.54, 1.807) is 18.2 Å². The molecule has 0 saturated heterocycles.